The van der Waals surface area contributed by atoms with Crippen LogP contribution in [0.4, 0.5) is 0 Å². The number of carbonyl (C=O) groups is 1. The Bertz CT molecular complexity index is 277. The second-order valence-electron chi connectivity index (χ2n) is 3.17. The minimum atomic E-state index is 0.200. The van der Waals surface area contributed by atoms with Crippen molar-refractivity contribution in [1.29, 1.82) is 0 Å². The van der Waals surface area contributed by atoms with Crippen LogP contribution in [-0.2, 0) is 11.3 Å². The number of hydrogen-bond acceptors (Lipinski definition) is 1. The molecular weight excluding hydrogens is 138 g/mol. The van der Waals surface area contributed by atoms with Crippen LogP contribution in [0.3, 0.4) is 0 Å². The van der Waals surface area contributed by atoms with E-state index in [9.17, 15) is 4.79 Å². The molecule has 2 rings (SSSR count). The lowest BCUT2D eigenvalue weighted by Crippen LogP contribution is -2.06. The third-order valence-electron chi connectivity index (χ3n) is 2.56. The largest absolute Gasteiger partial charge is 0.350 e. The summed E-state index contributed by atoms with van der Waals surface area (Å²) < 4.78 is 2.16. The van der Waals surface area contributed by atoms with Gasteiger partial charge in [0.05, 0.1) is 0 Å². The highest BCUT2D eigenvalue weighted by Gasteiger charge is 2.27. The lowest BCUT2D eigenvalue weighted by Gasteiger charge is -2.04. The van der Waals surface area contributed by atoms with Gasteiger partial charge in [-0.15, -0.1) is 0 Å². The Morgan fingerprint density at radius 2 is 2.55 bits per heavy atom. The fraction of sp³-hybridized carbons (Fsp3) is 0.444. The van der Waals surface area contributed by atoms with Crippen LogP contribution in [-0.4, -0.2) is 10.9 Å². The third kappa shape index (κ3) is 0.821. The van der Waals surface area contributed by atoms with Crippen molar-refractivity contribution in [2.24, 2.45) is 5.92 Å². The van der Waals surface area contributed by atoms with Crippen molar-refractivity contribution in [3.63, 3.8) is 0 Å². The molecule has 58 valence electrons. The van der Waals surface area contributed by atoms with Gasteiger partial charge in [-0.3, -0.25) is 0 Å². The van der Waals surface area contributed by atoms with Crippen LogP contribution in [0.25, 0.3) is 0 Å². The van der Waals surface area contributed by atoms with Crippen molar-refractivity contribution < 1.29 is 4.79 Å². The lowest BCUT2D eigenvalue weighted by molar-refractivity contribution is -0.111. The summed E-state index contributed by atoms with van der Waals surface area (Å²) in [6.45, 7) is 2.98. The summed E-state index contributed by atoms with van der Waals surface area (Å²) in [4.78, 5) is 10.6. The van der Waals surface area contributed by atoms with E-state index in [-0.39, 0.29) is 5.92 Å². The average molecular weight is 149 g/mol. The minimum absolute atomic E-state index is 0.200. The van der Waals surface area contributed by atoms with E-state index < -0.39 is 0 Å². The molecule has 0 saturated carbocycles. The van der Waals surface area contributed by atoms with E-state index in [1.807, 2.05) is 12.3 Å². The van der Waals surface area contributed by atoms with E-state index in [2.05, 4.69) is 17.6 Å². The fourth-order valence-electron chi connectivity index (χ4n) is 1.77. The number of aldehydes is 1. The van der Waals surface area contributed by atoms with Gasteiger partial charge in [-0.1, -0.05) is 6.92 Å². The van der Waals surface area contributed by atoms with Crippen LogP contribution < -0.4 is 0 Å². The molecule has 0 radical (unpaired) electrons. The summed E-state index contributed by atoms with van der Waals surface area (Å²) in [6.07, 6.45) is 3.10. The van der Waals surface area contributed by atoms with Gasteiger partial charge in [0.25, 0.3) is 0 Å². The van der Waals surface area contributed by atoms with Gasteiger partial charge in [0.1, 0.15) is 6.29 Å². The monoisotopic (exact) mass is 149 g/mol. The molecule has 0 N–H and O–H groups in total. The maximum Gasteiger partial charge on any atom is 0.125 e. The maximum absolute atomic E-state index is 10.6. The lowest BCUT2D eigenvalue weighted by atomic mass is 9.96. The van der Waals surface area contributed by atoms with Crippen molar-refractivity contribution in [3.05, 3.63) is 24.0 Å². The number of carbonyl (C=O) groups excluding carboxylic acids is 1. The first-order valence-corrected chi connectivity index (χ1v) is 3.93. The first-order chi connectivity index (χ1) is 5.33. The second-order valence-corrected chi connectivity index (χ2v) is 3.17. The van der Waals surface area contributed by atoms with Gasteiger partial charge in [0.15, 0.2) is 0 Å². The van der Waals surface area contributed by atoms with E-state index in [1.54, 1.807) is 0 Å². The van der Waals surface area contributed by atoms with Crippen molar-refractivity contribution >= 4 is 6.29 Å². The van der Waals surface area contributed by atoms with Crippen LogP contribution in [0, 0.1) is 5.92 Å². The number of aromatic nitrogens is 1. The number of rotatable bonds is 1. The predicted octanol–water partition coefficient (Wildman–Crippen LogP) is 1.42. The topological polar surface area (TPSA) is 22.0 Å². The first-order valence-electron chi connectivity index (χ1n) is 3.93. The van der Waals surface area contributed by atoms with Crippen molar-refractivity contribution in [3.8, 4) is 0 Å². The van der Waals surface area contributed by atoms with Crippen LogP contribution in [0.5, 0.6) is 0 Å². The standard InChI is InChI=1S/C9H11NO/c1-7-8(6-11)5-10-4-2-3-9(7)10/h2-4,6-8H,5H2,1H3. The van der Waals surface area contributed by atoms with E-state index >= 15 is 0 Å². The molecule has 2 unspecified atom stereocenters. The third-order valence-corrected chi connectivity index (χ3v) is 2.56. The van der Waals surface area contributed by atoms with Crippen LogP contribution in [0.1, 0.15) is 18.5 Å². The Hall–Kier alpha value is -1.05. The highest BCUT2D eigenvalue weighted by Crippen LogP contribution is 2.31. The molecule has 1 aromatic rings. The number of fused-ring (bicyclic) bond motifs is 1. The molecule has 1 aromatic heterocycles. The van der Waals surface area contributed by atoms with E-state index in [0.29, 0.717) is 5.92 Å². The van der Waals surface area contributed by atoms with Gasteiger partial charge in [-0.25, -0.2) is 0 Å². The van der Waals surface area contributed by atoms with Gasteiger partial charge in [-0.2, -0.15) is 0 Å². The Morgan fingerprint density at radius 1 is 1.73 bits per heavy atom. The molecule has 0 saturated heterocycles. The van der Waals surface area contributed by atoms with Crippen molar-refractivity contribution in [2.45, 2.75) is 19.4 Å². The summed E-state index contributed by atoms with van der Waals surface area (Å²) in [5.74, 6) is 0.605. The highest BCUT2D eigenvalue weighted by molar-refractivity contribution is 5.56. The minimum Gasteiger partial charge on any atom is -0.350 e. The summed E-state index contributed by atoms with van der Waals surface area (Å²) >= 11 is 0. The summed E-state index contributed by atoms with van der Waals surface area (Å²) in [5, 5.41) is 0. The Balaban J connectivity index is 2.37. The second kappa shape index (κ2) is 2.22. The molecule has 0 spiro atoms. The van der Waals surface area contributed by atoms with Gasteiger partial charge < -0.3 is 9.36 Å². The number of nitrogens with zero attached hydrogens (tertiary/aromatic N) is 1. The maximum atomic E-state index is 10.6. The van der Waals surface area contributed by atoms with E-state index in [4.69, 9.17) is 0 Å². The van der Waals surface area contributed by atoms with Crippen molar-refractivity contribution in [1.82, 2.24) is 4.57 Å². The van der Waals surface area contributed by atoms with E-state index in [0.717, 1.165) is 12.8 Å². The zero-order chi connectivity index (χ0) is 7.84. The highest BCUT2D eigenvalue weighted by atomic mass is 16.1. The molecule has 2 heterocycles. The van der Waals surface area contributed by atoms with Gasteiger partial charge >= 0.3 is 0 Å². The average Bonchev–Trinajstić information content (AvgIpc) is 2.53. The van der Waals surface area contributed by atoms with Crippen LogP contribution >= 0.6 is 0 Å². The molecule has 0 aromatic carbocycles. The molecule has 0 aliphatic carbocycles. The molecule has 0 amide bonds. The van der Waals surface area contributed by atoms with Crippen molar-refractivity contribution in [2.75, 3.05) is 0 Å². The molecule has 2 nitrogen and oxygen atoms in total. The summed E-state index contributed by atoms with van der Waals surface area (Å²) in [5.41, 5.74) is 1.29. The summed E-state index contributed by atoms with van der Waals surface area (Å²) in [7, 11) is 0. The van der Waals surface area contributed by atoms with Gasteiger partial charge in [0, 0.05) is 30.3 Å². The normalized spacial score (nSPS) is 28.5. The fourth-order valence-corrected chi connectivity index (χ4v) is 1.77. The quantitative estimate of drug-likeness (QED) is 0.553. The first kappa shape index (κ1) is 6.65. The molecule has 1 aliphatic rings. The van der Waals surface area contributed by atoms with E-state index in [1.165, 1.54) is 5.69 Å². The molecular formula is C9H11NO. The molecule has 2 atom stereocenters. The zero-order valence-electron chi connectivity index (χ0n) is 6.53. The summed E-state index contributed by atoms with van der Waals surface area (Å²) in [6, 6.07) is 4.13. The molecule has 11 heavy (non-hydrogen) atoms. The van der Waals surface area contributed by atoms with Crippen LogP contribution in [0.15, 0.2) is 18.3 Å². The Kier molecular flexibility index (Phi) is 1.34. The Morgan fingerprint density at radius 3 is 3.18 bits per heavy atom. The number of hydrogen-bond donors (Lipinski definition) is 0. The smallest absolute Gasteiger partial charge is 0.125 e. The predicted molar refractivity (Wildman–Crippen MR) is 42.4 cm³/mol. The molecule has 0 fully saturated rings. The molecule has 0 bridgehead atoms. The van der Waals surface area contributed by atoms with Crippen LogP contribution in [0.2, 0.25) is 0 Å². The van der Waals surface area contributed by atoms with Gasteiger partial charge in [-0.05, 0) is 12.1 Å². The van der Waals surface area contributed by atoms with Gasteiger partial charge in [0.2, 0.25) is 0 Å². The SMILES string of the molecule is CC1c2cccn2CC1C=O. The Labute approximate surface area is 65.8 Å². The zero-order valence-corrected chi connectivity index (χ0v) is 6.53. The molecule has 2 heteroatoms. The molecule has 1 aliphatic heterocycles.